The Labute approximate surface area is 162 Å². The maximum atomic E-state index is 6.30. The number of fused-ring (bicyclic) bond motifs is 4. The van der Waals surface area contributed by atoms with Crippen LogP contribution in [0, 0.1) is 13.8 Å². The van der Waals surface area contributed by atoms with Crippen molar-refractivity contribution < 1.29 is 0 Å². The summed E-state index contributed by atoms with van der Waals surface area (Å²) in [5, 5.41) is 3.93. The zero-order chi connectivity index (χ0) is 18.5. The van der Waals surface area contributed by atoms with E-state index in [1.807, 2.05) is 24.3 Å². The summed E-state index contributed by atoms with van der Waals surface area (Å²) in [5.41, 5.74) is 7.42. The molecule has 0 aliphatic heterocycles. The van der Waals surface area contributed by atoms with Crippen molar-refractivity contribution in [3.05, 3.63) is 83.0 Å². The molecule has 27 heavy (non-hydrogen) atoms. The molecule has 0 N–H and O–H groups in total. The van der Waals surface area contributed by atoms with E-state index in [0.29, 0.717) is 5.02 Å². The van der Waals surface area contributed by atoms with Crippen molar-refractivity contribution in [1.29, 1.82) is 0 Å². The molecular formula is C24H17ClN2. The highest BCUT2D eigenvalue weighted by molar-refractivity contribution is 6.32. The van der Waals surface area contributed by atoms with Gasteiger partial charge in [0.15, 0.2) is 0 Å². The lowest BCUT2D eigenvalue weighted by Crippen LogP contribution is -1.96. The molecule has 0 aliphatic carbocycles. The number of benzene rings is 3. The van der Waals surface area contributed by atoms with Crippen molar-refractivity contribution in [2.24, 2.45) is 0 Å². The van der Waals surface area contributed by atoms with Crippen molar-refractivity contribution in [2.75, 3.05) is 0 Å². The Morgan fingerprint density at radius 3 is 2.30 bits per heavy atom. The second-order valence-electron chi connectivity index (χ2n) is 6.96. The third kappa shape index (κ3) is 2.56. The van der Waals surface area contributed by atoms with Crippen molar-refractivity contribution in [2.45, 2.75) is 13.8 Å². The largest absolute Gasteiger partial charge is 0.252 e. The van der Waals surface area contributed by atoms with Crippen molar-refractivity contribution in [3.8, 4) is 11.1 Å². The van der Waals surface area contributed by atoms with E-state index < -0.39 is 0 Å². The summed E-state index contributed by atoms with van der Waals surface area (Å²) in [6.45, 7) is 4.18. The minimum absolute atomic E-state index is 0.696. The van der Waals surface area contributed by atoms with Gasteiger partial charge in [0.25, 0.3) is 0 Å². The zero-order valence-corrected chi connectivity index (χ0v) is 15.9. The van der Waals surface area contributed by atoms with Gasteiger partial charge in [-0.25, -0.2) is 4.98 Å². The average molecular weight is 369 g/mol. The first-order chi connectivity index (χ1) is 13.1. The molecule has 5 aromatic rings. The third-order valence-electron chi connectivity index (χ3n) is 5.07. The molecule has 0 spiro atoms. The molecule has 0 amide bonds. The van der Waals surface area contributed by atoms with E-state index in [1.54, 1.807) is 0 Å². The number of hydrogen-bond donors (Lipinski definition) is 0. The molecule has 0 radical (unpaired) electrons. The Morgan fingerprint density at radius 2 is 1.48 bits per heavy atom. The number of aromatic nitrogens is 2. The summed E-state index contributed by atoms with van der Waals surface area (Å²) in [6.07, 6.45) is 0. The second kappa shape index (κ2) is 6.04. The SMILES string of the molecule is Cc1ccc2nc3c(c(C)nc4ccc(Cl)cc43)c(-c3ccccc3)c2c1. The van der Waals surface area contributed by atoms with E-state index in [9.17, 15) is 0 Å². The molecule has 2 nitrogen and oxygen atoms in total. The smallest absolute Gasteiger partial charge is 0.0828 e. The number of hydrogen-bond acceptors (Lipinski definition) is 2. The van der Waals surface area contributed by atoms with E-state index >= 15 is 0 Å². The van der Waals surface area contributed by atoms with E-state index in [0.717, 1.165) is 38.4 Å². The van der Waals surface area contributed by atoms with Gasteiger partial charge in [0.05, 0.1) is 16.6 Å². The Balaban J connectivity index is 2.09. The first-order valence-electron chi connectivity index (χ1n) is 8.97. The molecule has 0 fully saturated rings. The van der Waals surface area contributed by atoms with E-state index in [1.165, 1.54) is 16.7 Å². The van der Waals surface area contributed by atoms with Crippen LogP contribution in [0.15, 0.2) is 66.7 Å². The number of halogens is 1. The Kier molecular flexibility index (Phi) is 3.63. The maximum Gasteiger partial charge on any atom is 0.0828 e. The van der Waals surface area contributed by atoms with Gasteiger partial charge in [-0.05, 0) is 49.7 Å². The van der Waals surface area contributed by atoms with Crippen molar-refractivity contribution in [1.82, 2.24) is 9.97 Å². The molecule has 2 heterocycles. The highest BCUT2D eigenvalue weighted by atomic mass is 35.5. The topological polar surface area (TPSA) is 25.8 Å². The summed E-state index contributed by atoms with van der Waals surface area (Å²) >= 11 is 6.30. The van der Waals surface area contributed by atoms with Gasteiger partial charge in [0.2, 0.25) is 0 Å². The summed E-state index contributed by atoms with van der Waals surface area (Å²) < 4.78 is 0. The van der Waals surface area contributed by atoms with Gasteiger partial charge in [-0.2, -0.15) is 0 Å². The Morgan fingerprint density at radius 1 is 0.741 bits per heavy atom. The summed E-state index contributed by atoms with van der Waals surface area (Å²) in [5.74, 6) is 0. The van der Waals surface area contributed by atoms with Crippen LogP contribution in [0.1, 0.15) is 11.3 Å². The molecule has 2 aromatic heterocycles. The minimum Gasteiger partial charge on any atom is -0.252 e. The normalized spacial score (nSPS) is 11.5. The van der Waals surface area contributed by atoms with E-state index in [-0.39, 0.29) is 0 Å². The first kappa shape index (κ1) is 16.2. The molecule has 0 aliphatic rings. The summed E-state index contributed by atoms with van der Waals surface area (Å²) in [4.78, 5) is 9.90. The lowest BCUT2D eigenvalue weighted by molar-refractivity contribution is 1.28. The maximum absolute atomic E-state index is 6.30. The van der Waals surface area contributed by atoms with Crippen LogP contribution in [-0.4, -0.2) is 9.97 Å². The fraction of sp³-hybridized carbons (Fsp3) is 0.0833. The number of rotatable bonds is 1. The number of nitrogens with zero attached hydrogens (tertiary/aromatic N) is 2. The van der Waals surface area contributed by atoms with Crippen LogP contribution in [0.3, 0.4) is 0 Å². The van der Waals surface area contributed by atoms with Crippen LogP contribution in [0.2, 0.25) is 5.02 Å². The van der Waals surface area contributed by atoms with Crippen LogP contribution in [0.4, 0.5) is 0 Å². The molecule has 0 unspecified atom stereocenters. The van der Waals surface area contributed by atoms with Crippen molar-refractivity contribution >= 4 is 44.3 Å². The van der Waals surface area contributed by atoms with Crippen molar-refractivity contribution in [3.63, 3.8) is 0 Å². The zero-order valence-electron chi connectivity index (χ0n) is 15.1. The molecule has 5 rings (SSSR count). The summed E-state index contributed by atoms with van der Waals surface area (Å²) in [7, 11) is 0. The molecule has 0 saturated heterocycles. The minimum atomic E-state index is 0.696. The first-order valence-corrected chi connectivity index (χ1v) is 9.35. The molecular weight excluding hydrogens is 352 g/mol. The predicted molar refractivity (Wildman–Crippen MR) is 114 cm³/mol. The molecule has 0 atom stereocenters. The molecule has 3 aromatic carbocycles. The molecule has 3 heteroatoms. The lowest BCUT2D eigenvalue weighted by Gasteiger charge is -2.15. The molecule has 0 saturated carbocycles. The van der Waals surface area contributed by atoms with Crippen LogP contribution in [0.5, 0.6) is 0 Å². The van der Waals surface area contributed by atoms with E-state index in [4.69, 9.17) is 21.6 Å². The monoisotopic (exact) mass is 368 g/mol. The second-order valence-corrected chi connectivity index (χ2v) is 7.39. The van der Waals surface area contributed by atoms with Gasteiger partial charge in [0, 0.05) is 32.4 Å². The van der Waals surface area contributed by atoms with Crippen LogP contribution in [-0.2, 0) is 0 Å². The lowest BCUT2D eigenvalue weighted by atomic mass is 9.93. The van der Waals surface area contributed by atoms with Gasteiger partial charge in [-0.15, -0.1) is 0 Å². The van der Waals surface area contributed by atoms with E-state index in [2.05, 4.69) is 56.3 Å². The molecule has 130 valence electrons. The highest BCUT2D eigenvalue weighted by Crippen LogP contribution is 2.39. The Hall–Kier alpha value is -2.97. The van der Waals surface area contributed by atoms with Gasteiger partial charge in [-0.3, -0.25) is 4.98 Å². The van der Waals surface area contributed by atoms with Crippen LogP contribution < -0.4 is 0 Å². The molecule has 0 bridgehead atoms. The summed E-state index contributed by atoms with van der Waals surface area (Å²) in [6, 6.07) is 22.7. The Bertz CT molecular complexity index is 1340. The predicted octanol–water partition coefficient (Wildman–Crippen LogP) is 6.87. The van der Waals surface area contributed by atoms with Crippen LogP contribution in [0.25, 0.3) is 43.8 Å². The number of pyridine rings is 2. The third-order valence-corrected chi connectivity index (χ3v) is 5.30. The number of aryl methyl sites for hydroxylation is 2. The average Bonchev–Trinajstić information content (AvgIpc) is 2.68. The highest BCUT2D eigenvalue weighted by Gasteiger charge is 2.16. The van der Waals surface area contributed by atoms with Crippen LogP contribution >= 0.6 is 11.6 Å². The van der Waals surface area contributed by atoms with Gasteiger partial charge in [-0.1, -0.05) is 53.6 Å². The fourth-order valence-corrected chi connectivity index (χ4v) is 4.03. The quantitative estimate of drug-likeness (QED) is 0.238. The fourth-order valence-electron chi connectivity index (χ4n) is 3.86. The van der Waals surface area contributed by atoms with Gasteiger partial charge >= 0.3 is 0 Å². The van der Waals surface area contributed by atoms with Gasteiger partial charge < -0.3 is 0 Å². The van der Waals surface area contributed by atoms with Gasteiger partial charge in [0.1, 0.15) is 0 Å². The standard InChI is InChI=1S/C24H17ClN2/c1-14-8-10-20-18(12-14)23(16-6-4-3-5-7-16)22-15(2)26-21-11-9-17(25)13-19(21)24(22)27-20/h3-13H,1-2H3.